The van der Waals surface area contributed by atoms with Gasteiger partial charge in [-0.25, -0.2) is 9.78 Å². The molecule has 0 spiro atoms. The summed E-state index contributed by atoms with van der Waals surface area (Å²) in [5.74, 6) is -0.656. The van der Waals surface area contributed by atoms with E-state index in [4.69, 9.17) is 14.2 Å². The predicted molar refractivity (Wildman–Crippen MR) is 105 cm³/mol. The van der Waals surface area contributed by atoms with Gasteiger partial charge in [0.25, 0.3) is 0 Å². The van der Waals surface area contributed by atoms with E-state index >= 15 is 0 Å². The van der Waals surface area contributed by atoms with E-state index in [1.54, 1.807) is 24.4 Å². The second-order valence-electron chi connectivity index (χ2n) is 6.73. The van der Waals surface area contributed by atoms with E-state index in [0.717, 1.165) is 16.6 Å². The minimum absolute atomic E-state index is 0.188. The van der Waals surface area contributed by atoms with Crippen molar-refractivity contribution >= 4 is 28.6 Å². The van der Waals surface area contributed by atoms with Gasteiger partial charge in [-0.05, 0) is 35.9 Å². The molecule has 1 amide bonds. The molecule has 1 fully saturated rings. The lowest BCUT2D eigenvalue weighted by atomic mass is 10.1. The zero-order valence-corrected chi connectivity index (χ0v) is 16.2. The van der Waals surface area contributed by atoms with E-state index in [-0.39, 0.29) is 12.3 Å². The molecule has 150 valence electrons. The van der Waals surface area contributed by atoms with Crippen molar-refractivity contribution in [2.75, 3.05) is 25.6 Å². The highest BCUT2D eigenvalue weighted by atomic mass is 16.7. The number of nitrogens with zero attached hydrogens (tertiary/aromatic N) is 2. The first-order valence-corrected chi connectivity index (χ1v) is 9.21. The maximum atomic E-state index is 12.8. The van der Waals surface area contributed by atoms with Crippen molar-refractivity contribution < 1.29 is 23.8 Å². The Bertz CT molecular complexity index is 1070. The average molecular weight is 395 g/mol. The van der Waals surface area contributed by atoms with Gasteiger partial charge in [-0.15, -0.1) is 0 Å². The highest BCUT2D eigenvalue weighted by Crippen LogP contribution is 2.31. The SMILES string of the molecule is COC(=O)c1ccc(NC(=O)Cc2cn(C)c3ncccc23)c(C2OCCO2)c1. The normalized spacial score (nSPS) is 14.3. The largest absolute Gasteiger partial charge is 0.465 e. The van der Waals surface area contributed by atoms with Gasteiger partial charge < -0.3 is 24.1 Å². The molecule has 1 aliphatic heterocycles. The van der Waals surface area contributed by atoms with Crippen molar-refractivity contribution in [3.63, 3.8) is 0 Å². The molecule has 0 saturated carbocycles. The second-order valence-corrected chi connectivity index (χ2v) is 6.73. The Kier molecular flexibility index (Phi) is 5.28. The number of ether oxygens (including phenoxy) is 3. The van der Waals surface area contributed by atoms with Crippen LogP contribution in [0.15, 0.2) is 42.7 Å². The number of esters is 1. The molecule has 4 rings (SSSR count). The number of rotatable bonds is 5. The molecule has 1 aromatic carbocycles. The van der Waals surface area contributed by atoms with Crippen LogP contribution in [-0.4, -0.2) is 41.8 Å². The monoisotopic (exact) mass is 395 g/mol. The molecule has 1 saturated heterocycles. The summed E-state index contributed by atoms with van der Waals surface area (Å²) >= 11 is 0. The number of nitrogens with one attached hydrogen (secondary N) is 1. The smallest absolute Gasteiger partial charge is 0.337 e. The third-order valence-corrected chi connectivity index (χ3v) is 4.79. The van der Waals surface area contributed by atoms with Crippen LogP contribution in [0.5, 0.6) is 0 Å². The minimum atomic E-state index is -0.642. The first-order chi connectivity index (χ1) is 14.1. The highest BCUT2D eigenvalue weighted by Gasteiger charge is 2.24. The predicted octanol–water partition coefficient (Wildman–Crippen LogP) is 2.59. The Morgan fingerprint density at radius 1 is 1.28 bits per heavy atom. The standard InChI is InChI=1S/C21H21N3O5/c1-24-12-14(15-4-3-7-22-19(15)24)11-18(25)23-17-6-5-13(20(26)27-2)10-16(17)21-28-8-9-29-21/h3-7,10,12,21H,8-9,11H2,1-2H3,(H,23,25). The maximum Gasteiger partial charge on any atom is 0.337 e. The Balaban J connectivity index is 1.59. The van der Waals surface area contributed by atoms with E-state index < -0.39 is 12.3 Å². The van der Waals surface area contributed by atoms with E-state index in [2.05, 4.69) is 10.3 Å². The summed E-state index contributed by atoms with van der Waals surface area (Å²) in [6.45, 7) is 0.896. The summed E-state index contributed by atoms with van der Waals surface area (Å²) in [7, 11) is 3.22. The van der Waals surface area contributed by atoms with Crippen LogP contribution in [0, 0.1) is 0 Å². The van der Waals surface area contributed by atoms with Gasteiger partial charge in [0, 0.05) is 36.1 Å². The van der Waals surface area contributed by atoms with Crippen LogP contribution in [0.4, 0.5) is 5.69 Å². The van der Waals surface area contributed by atoms with E-state index in [9.17, 15) is 9.59 Å². The fraction of sp³-hybridized carbons (Fsp3) is 0.286. The fourth-order valence-corrected chi connectivity index (χ4v) is 3.46. The average Bonchev–Trinajstić information content (AvgIpc) is 3.37. The van der Waals surface area contributed by atoms with Crippen LogP contribution < -0.4 is 5.32 Å². The van der Waals surface area contributed by atoms with Gasteiger partial charge in [-0.3, -0.25) is 4.79 Å². The van der Waals surface area contributed by atoms with Crippen molar-refractivity contribution in [2.45, 2.75) is 12.7 Å². The maximum absolute atomic E-state index is 12.8. The number of anilines is 1. The van der Waals surface area contributed by atoms with Gasteiger partial charge in [0.05, 0.1) is 32.3 Å². The zero-order chi connectivity index (χ0) is 20.4. The Labute approximate surface area is 167 Å². The molecular weight excluding hydrogens is 374 g/mol. The van der Waals surface area contributed by atoms with Gasteiger partial charge in [0.15, 0.2) is 6.29 Å². The quantitative estimate of drug-likeness (QED) is 0.668. The molecule has 0 bridgehead atoms. The number of amides is 1. The molecule has 0 atom stereocenters. The summed E-state index contributed by atoms with van der Waals surface area (Å²) < 4.78 is 17.8. The number of aromatic nitrogens is 2. The molecule has 3 heterocycles. The first-order valence-electron chi connectivity index (χ1n) is 9.21. The number of fused-ring (bicyclic) bond motifs is 1. The number of carbonyl (C=O) groups is 2. The molecular formula is C21H21N3O5. The van der Waals surface area contributed by atoms with Crippen LogP contribution in [0.3, 0.4) is 0 Å². The van der Waals surface area contributed by atoms with Gasteiger partial charge in [-0.2, -0.15) is 0 Å². The van der Waals surface area contributed by atoms with Gasteiger partial charge >= 0.3 is 5.97 Å². The highest BCUT2D eigenvalue weighted by molar-refractivity contribution is 5.97. The number of aryl methyl sites for hydroxylation is 1. The molecule has 3 aromatic rings. The van der Waals surface area contributed by atoms with Crippen LogP contribution in [0.2, 0.25) is 0 Å². The van der Waals surface area contributed by atoms with Crippen LogP contribution in [0.25, 0.3) is 11.0 Å². The number of hydrogen-bond donors (Lipinski definition) is 1. The molecule has 0 radical (unpaired) electrons. The Morgan fingerprint density at radius 2 is 2.07 bits per heavy atom. The summed E-state index contributed by atoms with van der Waals surface area (Å²) in [5.41, 5.74) is 3.19. The zero-order valence-electron chi connectivity index (χ0n) is 16.2. The van der Waals surface area contributed by atoms with Gasteiger partial charge in [-0.1, -0.05) is 0 Å². The van der Waals surface area contributed by atoms with Crippen molar-refractivity contribution in [1.82, 2.24) is 9.55 Å². The first kappa shape index (κ1) is 19.1. The molecule has 29 heavy (non-hydrogen) atoms. The molecule has 8 nitrogen and oxygen atoms in total. The summed E-state index contributed by atoms with van der Waals surface area (Å²) in [6.07, 6.45) is 3.18. The third-order valence-electron chi connectivity index (χ3n) is 4.79. The summed E-state index contributed by atoms with van der Waals surface area (Å²) in [4.78, 5) is 29.0. The molecule has 0 unspecified atom stereocenters. The van der Waals surface area contributed by atoms with Crippen molar-refractivity contribution in [3.05, 3.63) is 59.4 Å². The molecule has 0 aliphatic carbocycles. The van der Waals surface area contributed by atoms with E-state index in [1.807, 2.05) is 29.9 Å². The van der Waals surface area contributed by atoms with E-state index in [0.29, 0.717) is 30.0 Å². The van der Waals surface area contributed by atoms with Crippen LogP contribution in [-0.2, 0) is 32.5 Å². The lowest BCUT2D eigenvalue weighted by molar-refractivity contribution is -0.115. The second kappa shape index (κ2) is 8.02. The number of methoxy groups -OCH3 is 1. The van der Waals surface area contributed by atoms with Crippen LogP contribution >= 0.6 is 0 Å². The molecule has 8 heteroatoms. The van der Waals surface area contributed by atoms with Gasteiger partial charge in [0.2, 0.25) is 5.91 Å². The Morgan fingerprint density at radius 3 is 2.83 bits per heavy atom. The minimum Gasteiger partial charge on any atom is -0.465 e. The van der Waals surface area contributed by atoms with E-state index in [1.165, 1.54) is 7.11 Å². The van der Waals surface area contributed by atoms with Gasteiger partial charge in [0.1, 0.15) is 5.65 Å². The number of pyridine rings is 1. The fourth-order valence-electron chi connectivity index (χ4n) is 3.46. The Hall–Kier alpha value is -3.23. The van der Waals surface area contributed by atoms with Crippen molar-refractivity contribution in [1.29, 1.82) is 0 Å². The lowest BCUT2D eigenvalue weighted by Crippen LogP contribution is -2.17. The van der Waals surface area contributed by atoms with Crippen LogP contribution in [0.1, 0.15) is 27.8 Å². The topological polar surface area (TPSA) is 91.7 Å². The lowest BCUT2D eigenvalue weighted by Gasteiger charge is -2.16. The summed E-state index contributed by atoms with van der Waals surface area (Å²) in [5, 5.41) is 3.85. The molecule has 1 aliphatic rings. The molecule has 1 N–H and O–H groups in total. The third kappa shape index (κ3) is 3.85. The van der Waals surface area contributed by atoms with Crippen molar-refractivity contribution in [3.8, 4) is 0 Å². The number of carbonyl (C=O) groups excluding carboxylic acids is 2. The number of hydrogen-bond acceptors (Lipinski definition) is 6. The number of benzene rings is 1. The van der Waals surface area contributed by atoms with Crippen molar-refractivity contribution in [2.24, 2.45) is 7.05 Å². The summed E-state index contributed by atoms with van der Waals surface area (Å²) in [6, 6.07) is 8.68. The molecule has 2 aromatic heterocycles.